The summed E-state index contributed by atoms with van der Waals surface area (Å²) in [5.41, 5.74) is 2.52. The third kappa shape index (κ3) is 4.69. The fourth-order valence-electron chi connectivity index (χ4n) is 2.84. The minimum atomic E-state index is -0.108. The average molecular weight is 417 g/mol. The number of aryl methyl sites for hydroxylation is 1. The third-order valence-corrected chi connectivity index (χ3v) is 5.37. The molecule has 0 bridgehead atoms. The molecule has 0 spiro atoms. The predicted molar refractivity (Wildman–Crippen MR) is 115 cm³/mol. The van der Waals surface area contributed by atoms with Crippen LogP contribution in [-0.2, 0) is 4.79 Å². The van der Waals surface area contributed by atoms with Gasteiger partial charge in [-0.3, -0.25) is 4.79 Å². The van der Waals surface area contributed by atoms with E-state index < -0.39 is 0 Å². The van der Waals surface area contributed by atoms with Crippen LogP contribution < -0.4 is 14.8 Å². The number of hydrogen-bond donors (Lipinski definition) is 1. The zero-order valence-electron chi connectivity index (χ0n) is 15.9. The molecule has 1 amide bonds. The molecule has 0 aliphatic carbocycles. The Morgan fingerprint density at radius 2 is 1.93 bits per heavy atom. The Hall–Kier alpha value is -2.44. The number of halogens is 1. The van der Waals surface area contributed by atoms with Crippen molar-refractivity contribution in [1.29, 1.82) is 0 Å². The van der Waals surface area contributed by atoms with Crippen molar-refractivity contribution >= 4 is 45.9 Å². The number of methoxy groups -OCH3 is 2. The summed E-state index contributed by atoms with van der Waals surface area (Å²) >= 11 is 7.54. The predicted octanol–water partition coefficient (Wildman–Crippen LogP) is 5.33. The maximum atomic E-state index is 12.3. The molecule has 2 aromatic carbocycles. The lowest BCUT2D eigenvalue weighted by Gasteiger charge is -2.11. The standard InChI is InChI=1S/C21H21ClN2O3S/c1-13-11-20(24-21-15(13)5-4-6-18(21)27-3)28-10-9-19(25)23-16-12-14(22)7-8-17(16)26-2/h4-8,11-12H,9-10H2,1-3H3,(H,23,25). The second-order valence-corrected chi connectivity index (χ2v) is 7.68. The van der Waals surface area contributed by atoms with Gasteiger partial charge in [-0.05, 0) is 42.8 Å². The topological polar surface area (TPSA) is 60.5 Å². The van der Waals surface area contributed by atoms with E-state index in [0.29, 0.717) is 28.6 Å². The highest BCUT2D eigenvalue weighted by Crippen LogP contribution is 2.30. The number of carbonyl (C=O) groups is 1. The molecule has 0 radical (unpaired) electrons. The Kier molecular flexibility index (Phi) is 6.65. The smallest absolute Gasteiger partial charge is 0.225 e. The molecule has 0 saturated heterocycles. The number of benzene rings is 2. The summed E-state index contributed by atoms with van der Waals surface area (Å²) in [6.07, 6.45) is 0.338. The molecule has 5 nitrogen and oxygen atoms in total. The summed E-state index contributed by atoms with van der Waals surface area (Å²) in [6.45, 7) is 2.05. The number of rotatable bonds is 7. The number of nitrogens with one attached hydrogen (secondary N) is 1. The van der Waals surface area contributed by atoms with Crippen LogP contribution in [0.25, 0.3) is 10.9 Å². The van der Waals surface area contributed by atoms with Gasteiger partial charge in [-0.1, -0.05) is 23.7 Å². The number of carbonyl (C=O) groups excluding carboxylic acids is 1. The van der Waals surface area contributed by atoms with Crippen molar-refractivity contribution in [3.05, 3.63) is 53.1 Å². The van der Waals surface area contributed by atoms with Crippen molar-refractivity contribution in [2.45, 2.75) is 18.4 Å². The van der Waals surface area contributed by atoms with Gasteiger partial charge >= 0.3 is 0 Å². The molecule has 146 valence electrons. The van der Waals surface area contributed by atoms with Crippen LogP contribution in [0.15, 0.2) is 47.5 Å². The number of ether oxygens (including phenoxy) is 2. The Balaban J connectivity index is 1.65. The largest absolute Gasteiger partial charge is 0.495 e. The van der Waals surface area contributed by atoms with E-state index in [1.54, 1.807) is 32.4 Å². The number of aromatic nitrogens is 1. The quantitative estimate of drug-likeness (QED) is 0.527. The first-order chi connectivity index (χ1) is 13.5. The molecule has 7 heteroatoms. The second-order valence-electron chi connectivity index (χ2n) is 6.13. The Morgan fingerprint density at radius 3 is 2.68 bits per heavy atom. The number of anilines is 1. The van der Waals surface area contributed by atoms with E-state index in [9.17, 15) is 4.79 Å². The molecule has 0 atom stereocenters. The van der Waals surface area contributed by atoms with Crippen LogP contribution in [-0.4, -0.2) is 30.9 Å². The van der Waals surface area contributed by atoms with Crippen LogP contribution in [0.1, 0.15) is 12.0 Å². The average Bonchev–Trinajstić information content (AvgIpc) is 2.68. The molecular formula is C21H21ClN2O3S. The van der Waals surface area contributed by atoms with Crippen LogP contribution in [0.5, 0.6) is 11.5 Å². The molecule has 0 fully saturated rings. The molecule has 28 heavy (non-hydrogen) atoms. The molecule has 0 aliphatic rings. The molecule has 0 saturated carbocycles. The molecule has 3 rings (SSSR count). The van der Waals surface area contributed by atoms with Gasteiger partial charge in [-0.15, -0.1) is 11.8 Å². The van der Waals surface area contributed by atoms with Crippen molar-refractivity contribution in [3.63, 3.8) is 0 Å². The van der Waals surface area contributed by atoms with Gasteiger partial charge in [0.15, 0.2) is 0 Å². The number of thioether (sulfide) groups is 1. The number of pyridine rings is 1. The monoisotopic (exact) mass is 416 g/mol. The minimum Gasteiger partial charge on any atom is -0.495 e. The van der Waals surface area contributed by atoms with Crippen molar-refractivity contribution in [2.75, 3.05) is 25.3 Å². The van der Waals surface area contributed by atoms with Crippen LogP contribution >= 0.6 is 23.4 Å². The van der Waals surface area contributed by atoms with Gasteiger partial charge in [-0.2, -0.15) is 0 Å². The number of hydrogen-bond acceptors (Lipinski definition) is 5. The number of amides is 1. The lowest BCUT2D eigenvalue weighted by molar-refractivity contribution is -0.115. The van der Waals surface area contributed by atoms with E-state index in [4.69, 9.17) is 26.1 Å². The highest BCUT2D eigenvalue weighted by molar-refractivity contribution is 7.99. The van der Waals surface area contributed by atoms with Crippen LogP contribution in [0.4, 0.5) is 5.69 Å². The first-order valence-electron chi connectivity index (χ1n) is 8.72. The van der Waals surface area contributed by atoms with Crippen LogP contribution in [0.2, 0.25) is 5.02 Å². The Morgan fingerprint density at radius 1 is 1.14 bits per heavy atom. The number of para-hydroxylation sites is 1. The molecule has 1 heterocycles. The van der Waals surface area contributed by atoms with Gasteiger partial charge in [-0.25, -0.2) is 4.98 Å². The number of fused-ring (bicyclic) bond motifs is 1. The fourth-order valence-corrected chi connectivity index (χ4v) is 3.92. The molecule has 0 aliphatic heterocycles. The summed E-state index contributed by atoms with van der Waals surface area (Å²) in [5, 5.41) is 5.31. The van der Waals surface area contributed by atoms with E-state index in [2.05, 4.69) is 5.32 Å². The minimum absolute atomic E-state index is 0.108. The van der Waals surface area contributed by atoms with Gasteiger partial charge in [0.25, 0.3) is 0 Å². The lowest BCUT2D eigenvalue weighted by atomic mass is 10.1. The Bertz CT molecular complexity index is 1010. The van der Waals surface area contributed by atoms with Gasteiger partial charge in [0.2, 0.25) is 5.91 Å². The second kappa shape index (κ2) is 9.17. The molecule has 1 aromatic heterocycles. The van der Waals surface area contributed by atoms with Gasteiger partial charge in [0.05, 0.1) is 24.9 Å². The van der Waals surface area contributed by atoms with Crippen molar-refractivity contribution in [1.82, 2.24) is 4.98 Å². The van der Waals surface area contributed by atoms with Crippen molar-refractivity contribution in [3.8, 4) is 11.5 Å². The first-order valence-corrected chi connectivity index (χ1v) is 10.1. The van der Waals surface area contributed by atoms with Crippen LogP contribution in [0, 0.1) is 6.92 Å². The summed E-state index contributed by atoms with van der Waals surface area (Å²) < 4.78 is 10.7. The van der Waals surface area contributed by atoms with Crippen molar-refractivity contribution in [2.24, 2.45) is 0 Å². The lowest BCUT2D eigenvalue weighted by Crippen LogP contribution is -2.13. The first kappa shape index (κ1) is 20.3. The van der Waals surface area contributed by atoms with Crippen molar-refractivity contribution < 1.29 is 14.3 Å². The highest BCUT2D eigenvalue weighted by atomic mass is 35.5. The molecular weight excluding hydrogens is 396 g/mol. The summed E-state index contributed by atoms with van der Waals surface area (Å²) in [6, 6.07) is 13.0. The fraction of sp³-hybridized carbons (Fsp3) is 0.238. The summed E-state index contributed by atoms with van der Waals surface area (Å²) in [5.74, 6) is 1.81. The molecule has 1 N–H and O–H groups in total. The van der Waals surface area contributed by atoms with Gasteiger partial charge in [0, 0.05) is 22.6 Å². The normalized spacial score (nSPS) is 10.7. The maximum Gasteiger partial charge on any atom is 0.225 e. The van der Waals surface area contributed by atoms with Gasteiger partial charge in [0.1, 0.15) is 17.0 Å². The van der Waals surface area contributed by atoms with E-state index in [-0.39, 0.29) is 5.91 Å². The summed E-state index contributed by atoms with van der Waals surface area (Å²) in [7, 11) is 3.19. The SMILES string of the molecule is COc1ccc(Cl)cc1NC(=O)CCSc1cc(C)c2cccc(OC)c2n1. The van der Waals surface area contributed by atoms with E-state index in [0.717, 1.165) is 27.2 Å². The molecule has 0 unspecified atom stereocenters. The van der Waals surface area contributed by atoms with Gasteiger partial charge < -0.3 is 14.8 Å². The van der Waals surface area contributed by atoms with E-state index in [1.807, 2.05) is 31.2 Å². The van der Waals surface area contributed by atoms with E-state index >= 15 is 0 Å². The molecule has 3 aromatic rings. The van der Waals surface area contributed by atoms with Crippen LogP contribution in [0.3, 0.4) is 0 Å². The highest BCUT2D eigenvalue weighted by Gasteiger charge is 2.11. The third-order valence-electron chi connectivity index (χ3n) is 4.22. The zero-order valence-corrected chi connectivity index (χ0v) is 17.5. The summed E-state index contributed by atoms with van der Waals surface area (Å²) in [4.78, 5) is 17.0. The Labute approximate surface area is 173 Å². The maximum absolute atomic E-state index is 12.3. The zero-order chi connectivity index (χ0) is 20.1. The van der Waals surface area contributed by atoms with E-state index in [1.165, 1.54) is 11.8 Å². The number of nitrogens with zero attached hydrogens (tertiary/aromatic N) is 1.